The van der Waals surface area contributed by atoms with E-state index in [1.165, 1.54) is 29.2 Å². The van der Waals surface area contributed by atoms with Crippen LogP contribution in [0.1, 0.15) is 12.0 Å². The molecule has 0 saturated carbocycles. The predicted molar refractivity (Wildman–Crippen MR) is 100 cm³/mol. The Bertz CT molecular complexity index is 931. The van der Waals surface area contributed by atoms with Gasteiger partial charge in [0.05, 0.1) is 4.90 Å². The number of nitrogens with one attached hydrogen (secondary N) is 1. The Kier molecular flexibility index (Phi) is 5.88. The predicted octanol–water partition coefficient (Wildman–Crippen LogP) is 2.40. The summed E-state index contributed by atoms with van der Waals surface area (Å²) in [6, 6.07) is 11.3. The van der Waals surface area contributed by atoms with Gasteiger partial charge in [-0.1, -0.05) is 17.7 Å². The number of nitrogens with zero attached hydrogens (tertiary/aromatic N) is 1. The average Bonchev–Trinajstić information content (AvgIpc) is 3.09. The monoisotopic (exact) mass is 410 g/mol. The lowest BCUT2D eigenvalue weighted by Crippen LogP contribution is -2.31. The second-order valence-electron chi connectivity index (χ2n) is 6.04. The summed E-state index contributed by atoms with van der Waals surface area (Å²) in [6.07, 6.45) is 0.0495. The summed E-state index contributed by atoms with van der Waals surface area (Å²) >= 11 is 5.76. The van der Waals surface area contributed by atoms with E-state index in [9.17, 15) is 13.2 Å². The van der Waals surface area contributed by atoms with Gasteiger partial charge in [0.1, 0.15) is 0 Å². The summed E-state index contributed by atoms with van der Waals surface area (Å²) in [5.74, 6) is 1.17. The van der Waals surface area contributed by atoms with Crippen LogP contribution in [0.4, 0.5) is 0 Å². The van der Waals surface area contributed by atoms with Gasteiger partial charge in [-0.2, -0.15) is 0 Å². The van der Waals surface area contributed by atoms with Crippen LogP contribution in [0.15, 0.2) is 47.4 Å². The first kappa shape index (κ1) is 19.5. The summed E-state index contributed by atoms with van der Waals surface area (Å²) in [5, 5.41) is 0.453. The van der Waals surface area contributed by atoms with E-state index < -0.39 is 10.0 Å². The molecule has 144 valence electrons. The number of rotatable bonds is 7. The molecule has 7 nitrogen and oxygen atoms in total. The molecule has 2 aromatic carbocycles. The van der Waals surface area contributed by atoms with E-state index in [0.717, 1.165) is 5.56 Å². The number of carbonyl (C=O) groups is 1. The lowest BCUT2D eigenvalue weighted by Gasteiger charge is -2.17. The van der Waals surface area contributed by atoms with Crippen molar-refractivity contribution in [3.8, 4) is 11.5 Å². The molecule has 0 spiro atoms. The summed E-state index contributed by atoms with van der Waals surface area (Å²) in [7, 11) is -2.01. The topological polar surface area (TPSA) is 84.9 Å². The minimum absolute atomic E-state index is 0.00920. The van der Waals surface area contributed by atoms with E-state index in [2.05, 4.69) is 4.72 Å². The molecular formula is C18H19ClN2O5S. The van der Waals surface area contributed by atoms with Crippen LogP contribution in [0.3, 0.4) is 0 Å². The molecule has 0 aliphatic carbocycles. The number of benzene rings is 2. The fourth-order valence-corrected chi connectivity index (χ4v) is 3.74. The van der Waals surface area contributed by atoms with Crippen molar-refractivity contribution < 1.29 is 22.7 Å². The van der Waals surface area contributed by atoms with Crippen LogP contribution in [-0.4, -0.2) is 39.6 Å². The van der Waals surface area contributed by atoms with Gasteiger partial charge >= 0.3 is 0 Å². The van der Waals surface area contributed by atoms with Gasteiger partial charge in [0, 0.05) is 31.6 Å². The number of hydrogen-bond acceptors (Lipinski definition) is 5. The lowest BCUT2D eigenvalue weighted by molar-refractivity contribution is -0.130. The average molecular weight is 411 g/mol. The molecule has 3 rings (SSSR count). The molecular weight excluding hydrogens is 392 g/mol. The normalized spacial score (nSPS) is 12.8. The largest absolute Gasteiger partial charge is 0.454 e. The van der Waals surface area contributed by atoms with Gasteiger partial charge in [-0.3, -0.25) is 4.79 Å². The van der Waals surface area contributed by atoms with Crippen molar-refractivity contribution in [1.29, 1.82) is 0 Å². The Morgan fingerprint density at radius 3 is 2.59 bits per heavy atom. The summed E-state index contributed by atoms with van der Waals surface area (Å²) in [5.41, 5.74) is 0.900. The van der Waals surface area contributed by atoms with Gasteiger partial charge in [0.2, 0.25) is 22.7 Å². The van der Waals surface area contributed by atoms with Crippen molar-refractivity contribution in [2.45, 2.75) is 17.9 Å². The second kappa shape index (κ2) is 8.16. The van der Waals surface area contributed by atoms with E-state index in [0.29, 0.717) is 23.1 Å². The van der Waals surface area contributed by atoms with Gasteiger partial charge < -0.3 is 14.4 Å². The van der Waals surface area contributed by atoms with Crippen molar-refractivity contribution >= 4 is 27.5 Å². The molecule has 1 aliphatic heterocycles. The smallest absolute Gasteiger partial charge is 0.240 e. The first-order valence-corrected chi connectivity index (χ1v) is 10.1. The molecule has 1 heterocycles. The maximum atomic E-state index is 12.3. The molecule has 1 N–H and O–H groups in total. The highest BCUT2D eigenvalue weighted by atomic mass is 35.5. The van der Waals surface area contributed by atoms with E-state index in [-0.39, 0.29) is 30.6 Å². The highest BCUT2D eigenvalue weighted by Crippen LogP contribution is 2.32. The maximum absolute atomic E-state index is 12.3. The Labute approximate surface area is 162 Å². The molecule has 2 aromatic rings. The first-order valence-electron chi connectivity index (χ1n) is 8.23. The first-order chi connectivity index (χ1) is 12.8. The lowest BCUT2D eigenvalue weighted by atomic mass is 10.2. The molecule has 0 radical (unpaired) electrons. The highest BCUT2D eigenvalue weighted by molar-refractivity contribution is 7.89. The minimum atomic E-state index is -3.67. The van der Waals surface area contributed by atoms with Crippen LogP contribution in [0.25, 0.3) is 0 Å². The van der Waals surface area contributed by atoms with E-state index in [4.69, 9.17) is 21.1 Å². The molecule has 0 unspecified atom stereocenters. The number of fused-ring (bicyclic) bond motifs is 1. The number of hydrogen-bond donors (Lipinski definition) is 1. The van der Waals surface area contributed by atoms with E-state index >= 15 is 0 Å². The Balaban J connectivity index is 1.50. The third-order valence-corrected chi connectivity index (χ3v) is 5.77. The zero-order valence-electron chi connectivity index (χ0n) is 14.6. The fourth-order valence-electron chi connectivity index (χ4n) is 2.58. The highest BCUT2D eigenvalue weighted by Gasteiger charge is 2.17. The van der Waals surface area contributed by atoms with Crippen LogP contribution >= 0.6 is 11.6 Å². The maximum Gasteiger partial charge on any atom is 0.240 e. The zero-order chi connectivity index (χ0) is 19.4. The Hall–Kier alpha value is -2.29. The van der Waals surface area contributed by atoms with Crippen LogP contribution in [0.2, 0.25) is 5.02 Å². The summed E-state index contributed by atoms with van der Waals surface area (Å²) in [4.78, 5) is 13.9. The molecule has 0 aromatic heterocycles. The second-order valence-corrected chi connectivity index (χ2v) is 8.24. The molecule has 1 aliphatic rings. The van der Waals surface area contributed by atoms with Crippen LogP contribution in [0, 0.1) is 0 Å². The van der Waals surface area contributed by atoms with Gasteiger partial charge in [-0.25, -0.2) is 13.1 Å². The molecule has 9 heteroatoms. The van der Waals surface area contributed by atoms with Gasteiger partial charge in [0.25, 0.3) is 0 Å². The number of ether oxygens (including phenoxy) is 2. The molecule has 0 atom stereocenters. The fraction of sp³-hybridized carbons (Fsp3) is 0.278. The molecule has 27 heavy (non-hydrogen) atoms. The van der Waals surface area contributed by atoms with Crippen molar-refractivity contribution in [1.82, 2.24) is 9.62 Å². The van der Waals surface area contributed by atoms with Crippen molar-refractivity contribution in [3.05, 3.63) is 53.1 Å². The molecule has 0 saturated heterocycles. The van der Waals surface area contributed by atoms with Crippen molar-refractivity contribution in [3.63, 3.8) is 0 Å². The standard InChI is InChI=1S/C18H19ClN2O5S/c1-21(11-13-2-7-16-17(10-13)26-12-25-16)18(22)8-9-20-27(23,24)15-5-3-14(19)4-6-15/h2-7,10,20H,8-9,11-12H2,1H3. The number of halogens is 1. The van der Waals surface area contributed by atoms with Crippen LogP contribution < -0.4 is 14.2 Å². The van der Waals surface area contributed by atoms with Crippen LogP contribution in [-0.2, 0) is 21.4 Å². The molecule has 0 bridgehead atoms. The third kappa shape index (κ3) is 4.91. The van der Waals surface area contributed by atoms with Gasteiger partial charge in [0.15, 0.2) is 11.5 Å². The van der Waals surface area contributed by atoms with Gasteiger partial charge in [-0.05, 0) is 42.0 Å². The molecule has 1 amide bonds. The van der Waals surface area contributed by atoms with Crippen molar-refractivity contribution in [2.75, 3.05) is 20.4 Å². The SMILES string of the molecule is CN(Cc1ccc2c(c1)OCO2)C(=O)CCNS(=O)(=O)c1ccc(Cl)cc1. The Morgan fingerprint density at radius 1 is 1.15 bits per heavy atom. The zero-order valence-corrected chi connectivity index (χ0v) is 16.2. The summed E-state index contributed by atoms with van der Waals surface area (Å²) in [6.45, 7) is 0.593. The third-order valence-electron chi connectivity index (χ3n) is 4.04. The van der Waals surface area contributed by atoms with Crippen LogP contribution in [0.5, 0.6) is 11.5 Å². The number of amides is 1. The van der Waals surface area contributed by atoms with E-state index in [1.807, 2.05) is 12.1 Å². The quantitative estimate of drug-likeness (QED) is 0.757. The molecule has 0 fully saturated rings. The summed E-state index contributed by atoms with van der Waals surface area (Å²) < 4.78 is 37.4. The van der Waals surface area contributed by atoms with E-state index in [1.54, 1.807) is 13.1 Å². The number of sulfonamides is 1. The number of carbonyl (C=O) groups excluding carboxylic acids is 1. The van der Waals surface area contributed by atoms with Crippen molar-refractivity contribution in [2.24, 2.45) is 0 Å². The van der Waals surface area contributed by atoms with Gasteiger partial charge in [-0.15, -0.1) is 0 Å². The Morgan fingerprint density at radius 2 is 1.85 bits per heavy atom. The minimum Gasteiger partial charge on any atom is -0.454 e.